The lowest BCUT2D eigenvalue weighted by molar-refractivity contribution is 0.322. The summed E-state index contributed by atoms with van der Waals surface area (Å²) in [6.45, 7) is 1.05. The van der Waals surface area contributed by atoms with Gasteiger partial charge in [0.05, 0.1) is 6.61 Å². The fraction of sp³-hybridized carbons (Fsp3) is 0.214. The first-order chi connectivity index (χ1) is 8.79. The highest BCUT2D eigenvalue weighted by molar-refractivity contribution is 6.31. The molecule has 2 rings (SSSR count). The highest BCUT2D eigenvalue weighted by Crippen LogP contribution is 2.22. The van der Waals surface area contributed by atoms with E-state index in [9.17, 15) is 0 Å². The smallest absolute Gasteiger partial charge is 0.120 e. The molecule has 0 aliphatic carbocycles. The van der Waals surface area contributed by atoms with Crippen molar-refractivity contribution < 1.29 is 4.74 Å². The zero-order valence-electron chi connectivity index (χ0n) is 9.97. The molecule has 0 saturated carbocycles. The third kappa shape index (κ3) is 3.45. The van der Waals surface area contributed by atoms with Gasteiger partial charge in [-0.15, -0.1) is 0 Å². The molecule has 94 valence electrons. The second kappa shape index (κ2) is 6.38. The molecule has 2 aromatic rings. The van der Waals surface area contributed by atoms with Crippen molar-refractivity contribution in [1.29, 1.82) is 0 Å². The number of aromatic nitrogens is 1. The van der Waals surface area contributed by atoms with Gasteiger partial charge in [-0.3, -0.25) is 4.98 Å². The van der Waals surface area contributed by atoms with Crippen LogP contribution in [0.2, 0.25) is 5.02 Å². The van der Waals surface area contributed by atoms with E-state index in [-0.39, 0.29) is 0 Å². The highest BCUT2D eigenvalue weighted by Gasteiger charge is 2.01. The Bertz CT molecular complexity index is 502. The number of hydrogen-bond acceptors (Lipinski definition) is 3. The van der Waals surface area contributed by atoms with Gasteiger partial charge in [0.1, 0.15) is 5.75 Å². The first kappa shape index (κ1) is 12.9. The predicted molar refractivity (Wildman–Crippen MR) is 72.8 cm³/mol. The molecule has 0 amide bonds. The quantitative estimate of drug-likeness (QED) is 0.901. The summed E-state index contributed by atoms with van der Waals surface area (Å²) in [5.41, 5.74) is 7.68. The number of ether oxygens (including phenoxy) is 1. The van der Waals surface area contributed by atoms with Crippen LogP contribution in [0.4, 0.5) is 0 Å². The molecular weight excluding hydrogens is 248 g/mol. The molecule has 1 aromatic carbocycles. The van der Waals surface area contributed by atoms with E-state index >= 15 is 0 Å². The Balaban J connectivity index is 1.89. The van der Waals surface area contributed by atoms with E-state index in [0.29, 0.717) is 18.2 Å². The molecule has 0 unspecified atom stereocenters. The molecule has 4 heteroatoms. The third-order valence-electron chi connectivity index (χ3n) is 2.65. The molecule has 1 aromatic heterocycles. The molecule has 3 nitrogen and oxygen atoms in total. The average molecular weight is 263 g/mol. The number of nitrogens with two attached hydrogens (primary N) is 1. The maximum absolute atomic E-state index is 6.06. The van der Waals surface area contributed by atoms with Crippen molar-refractivity contribution in [2.24, 2.45) is 5.73 Å². The second-order valence-corrected chi connectivity index (χ2v) is 4.32. The van der Waals surface area contributed by atoms with Gasteiger partial charge in [-0.25, -0.2) is 0 Å². The van der Waals surface area contributed by atoms with Crippen LogP contribution in [0.1, 0.15) is 11.1 Å². The number of hydrogen-bond donors (Lipinski definition) is 1. The van der Waals surface area contributed by atoms with Crippen LogP contribution in [0.5, 0.6) is 5.75 Å². The molecule has 0 bridgehead atoms. The summed E-state index contributed by atoms with van der Waals surface area (Å²) in [6.07, 6.45) is 4.41. The van der Waals surface area contributed by atoms with Crippen molar-refractivity contribution in [3.8, 4) is 5.75 Å². The fourth-order valence-electron chi connectivity index (χ4n) is 1.62. The average Bonchev–Trinajstić information content (AvgIpc) is 2.40. The van der Waals surface area contributed by atoms with Gasteiger partial charge in [0.2, 0.25) is 0 Å². The monoisotopic (exact) mass is 262 g/mol. The van der Waals surface area contributed by atoms with Gasteiger partial charge in [-0.05, 0) is 35.4 Å². The Morgan fingerprint density at radius 3 is 2.61 bits per heavy atom. The molecule has 18 heavy (non-hydrogen) atoms. The van der Waals surface area contributed by atoms with E-state index < -0.39 is 0 Å². The van der Waals surface area contributed by atoms with E-state index in [1.807, 2.05) is 24.3 Å². The minimum absolute atomic E-state index is 0.441. The van der Waals surface area contributed by atoms with Crippen molar-refractivity contribution in [2.45, 2.75) is 13.0 Å². The number of halogens is 1. The molecule has 0 fully saturated rings. The number of benzene rings is 1. The summed E-state index contributed by atoms with van der Waals surface area (Å²) < 4.78 is 5.64. The van der Waals surface area contributed by atoms with Gasteiger partial charge < -0.3 is 10.5 Å². The van der Waals surface area contributed by atoms with Crippen LogP contribution in [0.15, 0.2) is 42.7 Å². The number of rotatable bonds is 5. The van der Waals surface area contributed by atoms with Crippen LogP contribution >= 0.6 is 11.6 Å². The van der Waals surface area contributed by atoms with Crippen LogP contribution in [-0.4, -0.2) is 11.6 Å². The molecule has 0 spiro atoms. The first-order valence-electron chi connectivity index (χ1n) is 5.80. The van der Waals surface area contributed by atoms with Gasteiger partial charge in [0.15, 0.2) is 0 Å². The Kier molecular flexibility index (Phi) is 4.56. The molecule has 0 aliphatic rings. The SMILES string of the molecule is NCc1ccc(OCCc2ccncc2)cc1Cl. The summed E-state index contributed by atoms with van der Waals surface area (Å²) in [5, 5.41) is 0.652. The van der Waals surface area contributed by atoms with Crippen molar-refractivity contribution in [3.05, 3.63) is 58.9 Å². The molecule has 0 saturated heterocycles. The predicted octanol–water partition coefficient (Wildman–Crippen LogP) is 2.82. The summed E-state index contributed by atoms with van der Waals surface area (Å²) in [5.74, 6) is 0.770. The molecule has 0 aliphatic heterocycles. The zero-order chi connectivity index (χ0) is 12.8. The lowest BCUT2D eigenvalue weighted by atomic mass is 10.2. The summed E-state index contributed by atoms with van der Waals surface area (Å²) in [6, 6.07) is 9.54. The standard InChI is InChI=1S/C14H15ClN2O/c15-14-9-13(2-1-12(14)10-16)18-8-5-11-3-6-17-7-4-11/h1-4,6-7,9H,5,8,10,16H2. The van der Waals surface area contributed by atoms with Crippen LogP contribution in [0, 0.1) is 0 Å². The van der Waals surface area contributed by atoms with Crippen LogP contribution < -0.4 is 10.5 Å². The Morgan fingerprint density at radius 1 is 1.17 bits per heavy atom. The normalized spacial score (nSPS) is 10.3. The van der Waals surface area contributed by atoms with Crippen molar-refractivity contribution >= 4 is 11.6 Å². The van der Waals surface area contributed by atoms with Crippen LogP contribution in [-0.2, 0) is 13.0 Å². The summed E-state index contributed by atoms with van der Waals surface area (Å²) >= 11 is 6.06. The van der Waals surface area contributed by atoms with Crippen molar-refractivity contribution in [2.75, 3.05) is 6.61 Å². The van der Waals surface area contributed by atoms with Gasteiger partial charge in [0, 0.05) is 30.4 Å². The first-order valence-corrected chi connectivity index (χ1v) is 6.17. The molecule has 0 radical (unpaired) electrons. The maximum Gasteiger partial charge on any atom is 0.120 e. The van der Waals surface area contributed by atoms with E-state index in [0.717, 1.165) is 17.7 Å². The van der Waals surface area contributed by atoms with Gasteiger partial charge in [0.25, 0.3) is 0 Å². The van der Waals surface area contributed by atoms with E-state index in [1.54, 1.807) is 18.5 Å². The molecular formula is C14H15ClN2O. The van der Waals surface area contributed by atoms with Gasteiger partial charge in [-0.2, -0.15) is 0 Å². The lowest BCUT2D eigenvalue weighted by Gasteiger charge is -2.08. The lowest BCUT2D eigenvalue weighted by Crippen LogP contribution is -2.02. The van der Waals surface area contributed by atoms with Crippen LogP contribution in [0.3, 0.4) is 0 Å². The third-order valence-corrected chi connectivity index (χ3v) is 3.01. The topological polar surface area (TPSA) is 48.1 Å². The fourth-order valence-corrected chi connectivity index (χ4v) is 1.87. The Labute approximate surface area is 112 Å². The number of nitrogens with zero attached hydrogens (tertiary/aromatic N) is 1. The second-order valence-electron chi connectivity index (χ2n) is 3.91. The number of pyridine rings is 1. The minimum Gasteiger partial charge on any atom is -0.493 e. The van der Waals surface area contributed by atoms with E-state index in [2.05, 4.69) is 4.98 Å². The largest absolute Gasteiger partial charge is 0.493 e. The van der Waals surface area contributed by atoms with Crippen molar-refractivity contribution in [3.63, 3.8) is 0 Å². The minimum atomic E-state index is 0.441. The van der Waals surface area contributed by atoms with Crippen molar-refractivity contribution in [1.82, 2.24) is 4.98 Å². The van der Waals surface area contributed by atoms with Gasteiger partial charge >= 0.3 is 0 Å². The van der Waals surface area contributed by atoms with E-state index in [4.69, 9.17) is 22.1 Å². The maximum atomic E-state index is 6.06. The zero-order valence-corrected chi connectivity index (χ0v) is 10.7. The molecule has 0 atom stereocenters. The molecule has 1 heterocycles. The molecule has 2 N–H and O–H groups in total. The van der Waals surface area contributed by atoms with Gasteiger partial charge in [-0.1, -0.05) is 17.7 Å². The summed E-state index contributed by atoms with van der Waals surface area (Å²) in [7, 11) is 0. The van der Waals surface area contributed by atoms with Crippen LogP contribution in [0.25, 0.3) is 0 Å². The Morgan fingerprint density at radius 2 is 1.94 bits per heavy atom. The Hall–Kier alpha value is -1.58. The highest BCUT2D eigenvalue weighted by atomic mass is 35.5. The summed E-state index contributed by atoms with van der Waals surface area (Å²) in [4.78, 5) is 3.97. The van der Waals surface area contributed by atoms with E-state index in [1.165, 1.54) is 5.56 Å².